The highest BCUT2D eigenvalue weighted by atomic mass is 35.5. The highest BCUT2D eigenvalue weighted by molar-refractivity contribution is 6.29. The Morgan fingerprint density at radius 2 is 2.27 bits per heavy atom. The van der Waals surface area contributed by atoms with Crippen molar-refractivity contribution in [3.8, 4) is 0 Å². The van der Waals surface area contributed by atoms with Crippen LogP contribution in [0.3, 0.4) is 0 Å². The SMILES string of the molecule is CN=C(NCCc1ccc(Cl)nc1)NC1CCN(c2ncccc2F)C1. The minimum absolute atomic E-state index is 0.194. The molecule has 1 aliphatic rings. The van der Waals surface area contributed by atoms with Crippen LogP contribution >= 0.6 is 11.6 Å². The van der Waals surface area contributed by atoms with Gasteiger partial charge in [-0.05, 0) is 36.6 Å². The molecule has 6 nitrogen and oxygen atoms in total. The molecule has 1 aliphatic heterocycles. The first-order valence-electron chi connectivity index (χ1n) is 8.59. The number of hydrogen-bond acceptors (Lipinski definition) is 4. The van der Waals surface area contributed by atoms with Crippen molar-refractivity contribution >= 4 is 23.4 Å². The Balaban J connectivity index is 1.47. The summed E-state index contributed by atoms with van der Waals surface area (Å²) in [6.07, 6.45) is 5.11. The number of nitrogens with one attached hydrogen (secondary N) is 2. The van der Waals surface area contributed by atoms with Crippen LogP contribution in [0.15, 0.2) is 41.7 Å². The fraction of sp³-hybridized carbons (Fsp3) is 0.389. The topological polar surface area (TPSA) is 65.4 Å². The van der Waals surface area contributed by atoms with Crippen molar-refractivity contribution < 1.29 is 4.39 Å². The van der Waals surface area contributed by atoms with Crippen molar-refractivity contribution in [3.05, 3.63) is 53.2 Å². The summed E-state index contributed by atoms with van der Waals surface area (Å²) in [6, 6.07) is 6.99. The van der Waals surface area contributed by atoms with Crippen LogP contribution in [0.2, 0.25) is 5.15 Å². The molecule has 0 amide bonds. The predicted octanol–water partition coefficient (Wildman–Crippen LogP) is 2.26. The van der Waals surface area contributed by atoms with Gasteiger partial charge in [0.1, 0.15) is 5.15 Å². The number of guanidine groups is 1. The van der Waals surface area contributed by atoms with Gasteiger partial charge in [0.05, 0.1) is 0 Å². The van der Waals surface area contributed by atoms with Crippen molar-refractivity contribution in [1.82, 2.24) is 20.6 Å². The average Bonchev–Trinajstić information content (AvgIpc) is 3.11. The standard InChI is InChI=1S/C18H22ClFN6/c1-21-18(23-9-6-13-4-5-16(19)24-11-13)25-14-7-10-26(12-14)17-15(20)3-2-8-22-17/h2-5,8,11,14H,6-7,9-10,12H2,1H3,(H2,21,23,25). The summed E-state index contributed by atoms with van der Waals surface area (Å²) in [4.78, 5) is 14.4. The van der Waals surface area contributed by atoms with Crippen molar-refractivity contribution in [2.24, 2.45) is 4.99 Å². The molecule has 26 heavy (non-hydrogen) atoms. The van der Waals surface area contributed by atoms with E-state index in [1.807, 2.05) is 11.0 Å². The van der Waals surface area contributed by atoms with E-state index in [-0.39, 0.29) is 11.9 Å². The number of nitrogens with zero attached hydrogens (tertiary/aromatic N) is 4. The molecular weight excluding hydrogens is 355 g/mol. The maximum Gasteiger partial charge on any atom is 0.191 e. The number of aromatic nitrogens is 2. The Labute approximate surface area is 157 Å². The van der Waals surface area contributed by atoms with Crippen LogP contribution in [-0.2, 0) is 6.42 Å². The van der Waals surface area contributed by atoms with Gasteiger partial charge in [0.2, 0.25) is 0 Å². The highest BCUT2D eigenvalue weighted by Crippen LogP contribution is 2.20. The zero-order valence-electron chi connectivity index (χ0n) is 14.6. The molecule has 1 fully saturated rings. The Bertz CT molecular complexity index is 752. The zero-order valence-corrected chi connectivity index (χ0v) is 15.4. The van der Waals surface area contributed by atoms with Crippen molar-refractivity contribution in [1.29, 1.82) is 0 Å². The van der Waals surface area contributed by atoms with Gasteiger partial charge in [-0.15, -0.1) is 0 Å². The van der Waals surface area contributed by atoms with Gasteiger partial charge in [-0.1, -0.05) is 17.7 Å². The van der Waals surface area contributed by atoms with Crippen LogP contribution in [0.1, 0.15) is 12.0 Å². The largest absolute Gasteiger partial charge is 0.356 e. The van der Waals surface area contributed by atoms with Crippen molar-refractivity contribution in [2.75, 3.05) is 31.6 Å². The van der Waals surface area contributed by atoms with Crippen LogP contribution in [0.4, 0.5) is 10.2 Å². The minimum atomic E-state index is -0.285. The van der Waals surface area contributed by atoms with Gasteiger partial charge in [0.15, 0.2) is 17.6 Å². The fourth-order valence-electron chi connectivity index (χ4n) is 2.95. The predicted molar refractivity (Wildman–Crippen MR) is 102 cm³/mol. The third kappa shape index (κ3) is 4.82. The lowest BCUT2D eigenvalue weighted by atomic mass is 10.2. The molecule has 0 saturated carbocycles. The Morgan fingerprint density at radius 1 is 1.38 bits per heavy atom. The molecule has 0 spiro atoms. The number of pyridine rings is 2. The summed E-state index contributed by atoms with van der Waals surface area (Å²) in [5.74, 6) is 0.863. The smallest absolute Gasteiger partial charge is 0.191 e. The van der Waals surface area contributed by atoms with Gasteiger partial charge in [-0.3, -0.25) is 4.99 Å². The summed E-state index contributed by atoms with van der Waals surface area (Å²) in [7, 11) is 1.74. The molecule has 1 unspecified atom stereocenters. The fourth-order valence-corrected chi connectivity index (χ4v) is 3.06. The summed E-state index contributed by atoms with van der Waals surface area (Å²) < 4.78 is 13.9. The van der Waals surface area contributed by atoms with E-state index in [2.05, 4.69) is 25.6 Å². The van der Waals surface area contributed by atoms with Crippen LogP contribution in [-0.4, -0.2) is 48.7 Å². The van der Waals surface area contributed by atoms with E-state index < -0.39 is 0 Å². The Morgan fingerprint density at radius 3 is 3.00 bits per heavy atom. The van der Waals surface area contributed by atoms with Gasteiger partial charge in [0, 0.05) is 45.1 Å². The van der Waals surface area contributed by atoms with Crippen LogP contribution in [0.25, 0.3) is 0 Å². The molecule has 0 aliphatic carbocycles. The maximum absolute atomic E-state index is 13.9. The number of hydrogen-bond donors (Lipinski definition) is 2. The molecule has 0 bridgehead atoms. The molecule has 1 saturated heterocycles. The van der Waals surface area contributed by atoms with E-state index in [0.29, 0.717) is 17.5 Å². The second kappa shape index (κ2) is 8.80. The van der Waals surface area contributed by atoms with E-state index >= 15 is 0 Å². The third-order valence-electron chi connectivity index (χ3n) is 4.29. The second-order valence-corrected chi connectivity index (χ2v) is 6.51. The van der Waals surface area contributed by atoms with Crippen molar-refractivity contribution in [2.45, 2.75) is 18.9 Å². The first kappa shape index (κ1) is 18.4. The first-order valence-corrected chi connectivity index (χ1v) is 8.96. The quantitative estimate of drug-likeness (QED) is 0.476. The summed E-state index contributed by atoms with van der Waals surface area (Å²) >= 11 is 5.79. The highest BCUT2D eigenvalue weighted by Gasteiger charge is 2.25. The first-order chi connectivity index (χ1) is 12.7. The normalized spacial score (nSPS) is 17.4. The van der Waals surface area contributed by atoms with Gasteiger partial charge in [-0.2, -0.15) is 0 Å². The Hall–Kier alpha value is -2.41. The summed E-state index contributed by atoms with van der Waals surface area (Å²) in [5.41, 5.74) is 1.11. The van der Waals surface area contributed by atoms with Gasteiger partial charge < -0.3 is 15.5 Å². The molecule has 2 aromatic rings. The van der Waals surface area contributed by atoms with E-state index in [1.54, 1.807) is 31.6 Å². The number of anilines is 1. The monoisotopic (exact) mass is 376 g/mol. The molecule has 8 heteroatoms. The van der Waals surface area contributed by atoms with Gasteiger partial charge in [0.25, 0.3) is 0 Å². The number of rotatable bonds is 5. The zero-order chi connectivity index (χ0) is 18.4. The second-order valence-electron chi connectivity index (χ2n) is 6.12. The molecular formula is C18H22ClFN6. The van der Waals surface area contributed by atoms with Gasteiger partial charge in [-0.25, -0.2) is 14.4 Å². The number of aliphatic imine (C=N–C) groups is 1. The lowest BCUT2D eigenvalue weighted by Gasteiger charge is -2.20. The molecule has 1 atom stereocenters. The maximum atomic E-state index is 13.9. The molecule has 3 rings (SSSR count). The minimum Gasteiger partial charge on any atom is -0.356 e. The average molecular weight is 377 g/mol. The van der Waals surface area contributed by atoms with Gasteiger partial charge >= 0.3 is 0 Å². The summed E-state index contributed by atoms with van der Waals surface area (Å²) in [6.45, 7) is 2.18. The molecule has 2 N–H and O–H groups in total. The molecule has 0 radical (unpaired) electrons. The Kier molecular flexibility index (Phi) is 6.22. The van der Waals surface area contributed by atoms with Crippen LogP contribution in [0.5, 0.6) is 0 Å². The third-order valence-corrected chi connectivity index (χ3v) is 4.51. The molecule has 138 valence electrons. The van der Waals surface area contributed by atoms with E-state index in [0.717, 1.165) is 37.5 Å². The van der Waals surface area contributed by atoms with E-state index in [9.17, 15) is 4.39 Å². The lowest BCUT2D eigenvalue weighted by Crippen LogP contribution is -2.45. The van der Waals surface area contributed by atoms with Crippen LogP contribution in [0, 0.1) is 5.82 Å². The molecule has 3 heterocycles. The van der Waals surface area contributed by atoms with Crippen molar-refractivity contribution in [3.63, 3.8) is 0 Å². The number of halogens is 2. The summed E-state index contributed by atoms with van der Waals surface area (Å²) in [5, 5.41) is 7.18. The van der Waals surface area contributed by atoms with E-state index in [1.165, 1.54) is 6.07 Å². The van der Waals surface area contributed by atoms with Crippen LogP contribution < -0.4 is 15.5 Å². The lowest BCUT2D eigenvalue weighted by molar-refractivity contribution is 0.612. The molecule has 2 aromatic heterocycles. The molecule has 0 aromatic carbocycles. The van der Waals surface area contributed by atoms with E-state index in [4.69, 9.17) is 11.6 Å².